The lowest BCUT2D eigenvalue weighted by atomic mass is 9.98. The van der Waals surface area contributed by atoms with E-state index < -0.39 is 0 Å². The van der Waals surface area contributed by atoms with Gasteiger partial charge in [0.05, 0.1) is 5.69 Å². The summed E-state index contributed by atoms with van der Waals surface area (Å²) in [7, 11) is 0. The second-order valence-corrected chi connectivity index (χ2v) is 6.18. The van der Waals surface area contributed by atoms with Crippen LogP contribution in [0.25, 0.3) is 5.69 Å². The molecule has 2 fully saturated rings. The highest BCUT2D eigenvalue weighted by molar-refractivity contribution is 5.94. The number of carbonyl (C=O) groups is 1. The fraction of sp³-hybridized carbons (Fsp3) is 0.467. The summed E-state index contributed by atoms with van der Waals surface area (Å²) in [5.74, 6) is 1.15. The summed E-state index contributed by atoms with van der Waals surface area (Å²) in [4.78, 5) is 14.6. The first-order valence-electron chi connectivity index (χ1n) is 7.60. The molecule has 7 nitrogen and oxygen atoms in total. The first-order chi connectivity index (χ1) is 10.7. The second kappa shape index (κ2) is 5.17. The molecule has 114 valence electrons. The third-order valence-electron chi connectivity index (χ3n) is 4.93. The van der Waals surface area contributed by atoms with Gasteiger partial charge in [0.25, 0.3) is 5.91 Å². The molecule has 1 amide bonds. The van der Waals surface area contributed by atoms with E-state index in [0.29, 0.717) is 17.4 Å². The minimum absolute atomic E-state index is 0.0878. The molecule has 2 heterocycles. The largest absolute Gasteiger partial charge is 0.338 e. The Balaban J connectivity index is 1.49. The van der Waals surface area contributed by atoms with Crippen molar-refractivity contribution in [3.8, 4) is 5.69 Å². The van der Waals surface area contributed by atoms with Crippen molar-refractivity contribution >= 4 is 5.91 Å². The zero-order chi connectivity index (χ0) is 15.1. The Morgan fingerprint density at radius 3 is 2.68 bits per heavy atom. The van der Waals surface area contributed by atoms with Crippen molar-refractivity contribution in [2.24, 2.45) is 17.6 Å². The molecule has 1 saturated heterocycles. The van der Waals surface area contributed by atoms with E-state index in [0.717, 1.165) is 31.6 Å². The summed E-state index contributed by atoms with van der Waals surface area (Å²) in [6, 6.07) is 7.61. The number of nitrogens with zero attached hydrogens (tertiary/aromatic N) is 5. The van der Waals surface area contributed by atoms with Gasteiger partial charge >= 0.3 is 0 Å². The molecule has 3 atom stereocenters. The third kappa shape index (κ3) is 2.18. The van der Waals surface area contributed by atoms with Gasteiger partial charge in [0.1, 0.15) is 6.33 Å². The fourth-order valence-corrected chi connectivity index (χ4v) is 3.69. The van der Waals surface area contributed by atoms with Gasteiger partial charge in [-0.3, -0.25) is 4.79 Å². The summed E-state index contributed by atoms with van der Waals surface area (Å²) in [6.07, 6.45) is 3.77. The van der Waals surface area contributed by atoms with Crippen LogP contribution in [0.4, 0.5) is 0 Å². The Labute approximate surface area is 128 Å². The van der Waals surface area contributed by atoms with Gasteiger partial charge in [-0.05, 0) is 59.4 Å². The number of rotatable bonds is 2. The smallest absolute Gasteiger partial charge is 0.253 e. The maximum atomic E-state index is 12.6. The Morgan fingerprint density at radius 2 is 2.00 bits per heavy atom. The first-order valence-corrected chi connectivity index (χ1v) is 7.60. The average Bonchev–Trinajstić information content (AvgIpc) is 3.26. The molecule has 1 aromatic heterocycles. The molecule has 2 aliphatic rings. The predicted octanol–water partition coefficient (Wildman–Crippen LogP) is 0.472. The van der Waals surface area contributed by atoms with Crippen molar-refractivity contribution in [2.45, 2.75) is 18.9 Å². The number of benzene rings is 1. The number of aromatic nitrogens is 4. The Hall–Kier alpha value is -2.28. The molecule has 0 bridgehead atoms. The molecule has 2 aromatic rings. The van der Waals surface area contributed by atoms with Crippen molar-refractivity contribution < 1.29 is 4.79 Å². The van der Waals surface area contributed by atoms with Gasteiger partial charge in [0.15, 0.2) is 0 Å². The molecule has 1 aliphatic carbocycles. The summed E-state index contributed by atoms with van der Waals surface area (Å²) < 4.78 is 1.56. The van der Waals surface area contributed by atoms with Crippen LogP contribution in [0, 0.1) is 11.8 Å². The first kappa shape index (κ1) is 13.4. The van der Waals surface area contributed by atoms with E-state index in [1.807, 2.05) is 29.2 Å². The Kier molecular flexibility index (Phi) is 3.15. The SMILES string of the molecule is NC1CCC2CN(C(=O)c3ccc(-n4cnnn4)cc3)CC12. The summed E-state index contributed by atoms with van der Waals surface area (Å²) in [5.41, 5.74) is 7.67. The van der Waals surface area contributed by atoms with Crippen LogP contribution in [0.3, 0.4) is 0 Å². The highest BCUT2D eigenvalue weighted by Gasteiger charge is 2.42. The van der Waals surface area contributed by atoms with Crippen LogP contribution in [0.15, 0.2) is 30.6 Å². The molecule has 2 N–H and O–H groups in total. The third-order valence-corrected chi connectivity index (χ3v) is 4.93. The molecule has 0 radical (unpaired) electrons. The van der Waals surface area contributed by atoms with Crippen molar-refractivity contribution in [1.82, 2.24) is 25.1 Å². The topological polar surface area (TPSA) is 89.9 Å². The maximum absolute atomic E-state index is 12.6. The number of tetrazole rings is 1. The molecule has 22 heavy (non-hydrogen) atoms. The highest BCUT2D eigenvalue weighted by atomic mass is 16.2. The fourth-order valence-electron chi connectivity index (χ4n) is 3.69. The van der Waals surface area contributed by atoms with Crippen molar-refractivity contribution in [3.05, 3.63) is 36.2 Å². The van der Waals surface area contributed by atoms with Gasteiger partial charge in [-0.15, -0.1) is 5.10 Å². The van der Waals surface area contributed by atoms with Gasteiger partial charge in [-0.2, -0.15) is 0 Å². The van der Waals surface area contributed by atoms with Gasteiger partial charge < -0.3 is 10.6 Å². The van der Waals surface area contributed by atoms with E-state index >= 15 is 0 Å². The molecule has 0 spiro atoms. The summed E-state index contributed by atoms with van der Waals surface area (Å²) >= 11 is 0. The zero-order valence-electron chi connectivity index (χ0n) is 12.2. The van der Waals surface area contributed by atoms with Gasteiger partial charge in [0.2, 0.25) is 0 Å². The number of hydrogen-bond donors (Lipinski definition) is 1. The van der Waals surface area contributed by atoms with E-state index in [4.69, 9.17) is 5.73 Å². The van der Waals surface area contributed by atoms with Gasteiger partial charge in [-0.25, -0.2) is 4.68 Å². The molecule has 1 saturated carbocycles. The molecule has 1 aliphatic heterocycles. The van der Waals surface area contributed by atoms with Crippen LogP contribution >= 0.6 is 0 Å². The normalized spacial score (nSPS) is 27.1. The van der Waals surface area contributed by atoms with E-state index in [2.05, 4.69) is 15.5 Å². The van der Waals surface area contributed by atoms with Gasteiger partial charge in [-0.1, -0.05) is 0 Å². The van der Waals surface area contributed by atoms with E-state index in [1.165, 1.54) is 6.33 Å². The zero-order valence-corrected chi connectivity index (χ0v) is 12.2. The van der Waals surface area contributed by atoms with Crippen LogP contribution in [0.2, 0.25) is 0 Å². The number of hydrogen-bond acceptors (Lipinski definition) is 5. The lowest BCUT2D eigenvalue weighted by molar-refractivity contribution is 0.0779. The van der Waals surface area contributed by atoms with Crippen molar-refractivity contribution in [1.29, 1.82) is 0 Å². The molecule has 1 aromatic carbocycles. The van der Waals surface area contributed by atoms with E-state index in [-0.39, 0.29) is 11.9 Å². The van der Waals surface area contributed by atoms with Crippen LogP contribution < -0.4 is 5.73 Å². The average molecular weight is 298 g/mol. The van der Waals surface area contributed by atoms with Crippen LogP contribution in [0.5, 0.6) is 0 Å². The monoisotopic (exact) mass is 298 g/mol. The number of carbonyl (C=O) groups excluding carboxylic acids is 1. The number of likely N-dealkylation sites (tertiary alicyclic amines) is 1. The Bertz CT molecular complexity index is 668. The molecular formula is C15H18N6O. The number of fused-ring (bicyclic) bond motifs is 1. The predicted molar refractivity (Wildman–Crippen MR) is 79.2 cm³/mol. The molecule has 4 rings (SSSR count). The maximum Gasteiger partial charge on any atom is 0.253 e. The molecule has 7 heteroatoms. The van der Waals surface area contributed by atoms with Crippen LogP contribution in [0.1, 0.15) is 23.2 Å². The minimum Gasteiger partial charge on any atom is -0.338 e. The van der Waals surface area contributed by atoms with Crippen molar-refractivity contribution in [2.75, 3.05) is 13.1 Å². The van der Waals surface area contributed by atoms with Gasteiger partial charge in [0, 0.05) is 24.7 Å². The van der Waals surface area contributed by atoms with Crippen LogP contribution in [-0.4, -0.2) is 50.1 Å². The van der Waals surface area contributed by atoms with E-state index in [9.17, 15) is 4.79 Å². The molecular weight excluding hydrogens is 280 g/mol. The minimum atomic E-state index is 0.0878. The Morgan fingerprint density at radius 1 is 1.18 bits per heavy atom. The van der Waals surface area contributed by atoms with Crippen molar-refractivity contribution in [3.63, 3.8) is 0 Å². The number of amides is 1. The number of nitrogens with two attached hydrogens (primary N) is 1. The summed E-state index contributed by atoms with van der Waals surface area (Å²) in [6.45, 7) is 1.63. The van der Waals surface area contributed by atoms with E-state index in [1.54, 1.807) is 4.68 Å². The quantitative estimate of drug-likeness (QED) is 0.870. The summed E-state index contributed by atoms with van der Waals surface area (Å²) in [5, 5.41) is 11.0. The van der Waals surface area contributed by atoms with Crippen LogP contribution in [-0.2, 0) is 0 Å². The lowest BCUT2D eigenvalue weighted by Gasteiger charge is -2.19. The lowest BCUT2D eigenvalue weighted by Crippen LogP contribution is -2.33. The molecule has 3 unspecified atom stereocenters. The second-order valence-electron chi connectivity index (χ2n) is 6.18. The highest BCUT2D eigenvalue weighted by Crippen LogP contribution is 2.37. The standard InChI is InChI=1S/C15H18N6O/c16-14-6-3-11-7-20(8-13(11)14)15(22)10-1-4-12(5-2-10)21-9-17-18-19-21/h1-2,4-5,9,11,13-14H,3,6-8,16H2.